The molecule has 0 aliphatic carbocycles. The van der Waals surface area contributed by atoms with Crippen LogP contribution in [-0.4, -0.2) is 20.9 Å². The largest absolute Gasteiger partial charge is 0.397 e. The van der Waals surface area contributed by atoms with Gasteiger partial charge < -0.3 is 11.5 Å². The van der Waals surface area contributed by atoms with Crippen LogP contribution in [0, 0.1) is 11.3 Å². The maximum absolute atomic E-state index is 13.1. The third-order valence-electron chi connectivity index (χ3n) is 4.94. The van der Waals surface area contributed by atoms with E-state index in [4.69, 9.17) is 11.5 Å². The second-order valence-electron chi connectivity index (χ2n) is 6.96. The molecule has 10 heteroatoms. The summed E-state index contributed by atoms with van der Waals surface area (Å²) in [6, 6.07) is 17.0. The first-order chi connectivity index (χ1) is 16.1. The predicted octanol–water partition coefficient (Wildman–Crippen LogP) is 4.77. The number of nitriles is 1. The number of carbonyl (C=O) groups is 1. The van der Waals surface area contributed by atoms with Crippen LogP contribution in [0.15, 0.2) is 60.1 Å². The number of pyridine rings is 2. The van der Waals surface area contributed by atoms with Gasteiger partial charge in [0.2, 0.25) is 0 Å². The van der Waals surface area contributed by atoms with Gasteiger partial charge in [-0.15, -0.1) is 22.7 Å². The molecular weight excluding hydrogens is 454 g/mol. The molecule has 0 aliphatic rings. The van der Waals surface area contributed by atoms with E-state index in [2.05, 4.69) is 26.3 Å². The Kier molecular flexibility index (Phi) is 5.18. The van der Waals surface area contributed by atoms with Crippen molar-refractivity contribution in [1.82, 2.24) is 15.0 Å². The molecule has 4 aromatic heterocycles. The maximum Gasteiger partial charge on any atom is 0.269 e. The molecule has 1 amide bonds. The van der Waals surface area contributed by atoms with E-state index < -0.39 is 5.91 Å². The van der Waals surface area contributed by atoms with Gasteiger partial charge in [-0.25, -0.2) is 9.97 Å². The van der Waals surface area contributed by atoms with Crippen LogP contribution in [0.3, 0.4) is 0 Å². The second kappa shape index (κ2) is 8.31. The number of anilines is 3. The van der Waals surface area contributed by atoms with Crippen molar-refractivity contribution in [3.8, 4) is 28.6 Å². The molecule has 5 N–H and O–H groups in total. The van der Waals surface area contributed by atoms with E-state index in [1.807, 2.05) is 53.9 Å². The number of nitrogen functional groups attached to an aromatic ring is 2. The van der Waals surface area contributed by atoms with Gasteiger partial charge in [0.25, 0.3) is 5.91 Å². The van der Waals surface area contributed by atoms with Crippen molar-refractivity contribution in [2.24, 2.45) is 0 Å². The molecule has 0 spiro atoms. The Hall–Kier alpha value is -4.33. The topological polar surface area (TPSA) is 144 Å². The summed E-state index contributed by atoms with van der Waals surface area (Å²) in [7, 11) is 0. The van der Waals surface area contributed by atoms with Crippen LogP contribution in [-0.2, 0) is 0 Å². The minimum Gasteiger partial charge on any atom is -0.397 e. The highest BCUT2D eigenvalue weighted by Gasteiger charge is 2.24. The van der Waals surface area contributed by atoms with Crippen LogP contribution in [0.25, 0.3) is 32.7 Å². The number of thiazole rings is 1. The minimum absolute atomic E-state index is 0.0944. The van der Waals surface area contributed by atoms with Crippen LogP contribution < -0.4 is 16.8 Å². The van der Waals surface area contributed by atoms with E-state index in [0.29, 0.717) is 32.3 Å². The number of hydrogen-bond acceptors (Lipinski definition) is 9. The number of rotatable bonds is 4. The fourth-order valence-corrected chi connectivity index (χ4v) is 5.17. The zero-order valence-electron chi connectivity index (χ0n) is 16.9. The van der Waals surface area contributed by atoms with Crippen molar-refractivity contribution >= 4 is 55.4 Å². The summed E-state index contributed by atoms with van der Waals surface area (Å²) in [4.78, 5) is 26.9. The maximum atomic E-state index is 13.1. The van der Waals surface area contributed by atoms with Crippen molar-refractivity contribution in [2.45, 2.75) is 0 Å². The van der Waals surface area contributed by atoms with E-state index in [1.165, 1.54) is 11.3 Å². The molecule has 33 heavy (non-hydrogen) atoms. The molecular formula is C23H15N7OS2. The van der Waals surface area contributed by atoms with E-state index in [1.54, 1.807) is 6.20 Å². The summed E-state index contributed by atoms with van der Waals surface area (Å²) in [5, 5.41) is 15.3. The van der Waals surface area contributed by atoms with Gasteiger partial charge in [0, 0.05) is 22.5 Å². The second-order valence-corrected chi connectivity index (χ2v) is 8.81. The molecule has 160 valence electrons. The molecule has 0 radical (unpaired) electrons. The van der Waals surface area contributed by atoms with Gasteiger partial charge in [0.15, 0.2) is 5.13 Å². The van der Waals surface area contributed by atoms with E-state index in [0.717, 1.165) is 16.9 Å². The number of benzene rings is 1. The Bertz CT molecular complexity index is 1540. The fraction of sp³-hybridized carbons (Fsp3) is 0. The van der Waals surface area contributed by atoms with Gasteiger partial charge >= 0.3 is 0 Å². The van der Waals surface area contributed by atoms with E-state index in [-0.39, 0.29) is 21.9 Å². The van der Waals surface area contributed by atoms with Crippen molar-refractivity contribution in [3.63, 3.8) is 0 Å². The van der Waals surface area contributed by atoms with Gasteiger partial charge in [-0.1, -0.05) is 36.4 Å². The van der Waals surface area contributed by atoms with Crippen molar-refractivity contribution in [1.29, 1.82) is 5.26 Å². The lowest BCUT2D eigenvalue weighted by Crippen LogP contribution is -2.11. The third-order valence-corrected chi connectivity index (χ3v) is 6.79. The third kappa shape index (κ3) is 3.65. The first-order valence-electron chi connectivity index (χ1n) is 9.72. The highest BCUT2D eigenvalue weighted by atomic mass is 32.1. The molecule has 0 fully saturated rings. The summed E-state index contributed by atoms with van der Waals surface area (Å²) in [6.07, 6.45) is 1.68. The smallest absolute Gasteiger partial charge is 0.269 e. The fourth-order valence-electron chi connectivity index (χ4n) is 3.46. The van der Waals surface area contributed by atoms with Gasteiger partial charge in [-0.05, 0) is 17.7 Å². The molecule has 0 atom stereocenters. The van der Waals surface area contributed by atoms with Crippen molar-refractivity contribution in [2.75, 3.05) is 16.8 Å². The Labute approximate surface area is 196 Å². The summed E-state index contributed by atoms with van der Waals surface area (Å²) < 4.78 is 0. The molecule has 5 rings (SSSR count). The first-order valence-corrected chi connectivity index (χ1v) is 11.4. The number of carbonyl (C=O) groups excluding carboxylic acids is 1. The number of nitrogens with one attached hydrogen (secondary N) is 1. The average Bonchev–Trinajstić information content (AvgIpc) is 3.43. The molecule has 0 saturated heterocycles. The standard InChI is InChI=1S/C23H15N7OS2/c24-10-13-16(12-6-2-1-3-7-12)17-18(25)19(33-22(17)29-20(13)26)21(31)30-23-28-15(11-32-23)14-8-4-5-9-27-14/h1-9,11H,25H2,(H2,26,29)(H,28,30,31). The Morgan fingerprint density at radius 1 is 1.03 bits per heavy atom. The molecule has 0 saturated carbocycles. The van der Waals surface area contributed by atoms with Crippen LogP contribution >= 0.6 is 22.7 Å². The number of nitrogens with two attached hydrogens (primary N) is 2. The molecule has 4 heterocycles. The lowest BCUT2D eigenvalue weighted by atomic mass is 9.97. The average molecular weight is 470 g/mol. The Morgan fingerprint density at radius 2 is 1.82 bits per heavy atom. The lowest BCUT2D eigenvalue weighted by Gasteiger charge is -2.09. The monoisotopic (exact) mass is 469 g/mol. The molecule has 0 unspecified atom stereocenters. The number of hydrogen-bond donors (Lipinski definition) is 3. The highest BCUT2D eigenvalue weighted by Crippen LogP contribution is 2.42. The van der Waals surface area contributed by atoms with Crippen LogP contribution in [0.2, 0.25) is 0 Å². The molecule has 8 nitrogen and oxygen atoms in total. The number of thiophene rings is 1. The van der Waals surface area contributed by atoms with Crippen molar-refractivity contribution in [3.05, 3.63) is 70.5 Å². The van der Waals surface area contributed by atoms with E-state index in [9.17, 15) is 10.1 Å². The van der Waals surface area contributed by atoms with Gasteiger partial charge in [-0.2, -0.15) is 5.26 Å². The SMILES string of the molecule is N#Cc1c(N)nc2sc(C(=O)Nc3nc(-c4ccccn4)cs3)c(N)c2c1-c1ccccc1. The molecule has 0 aliphatic heterocycles. The number of nitrogens with zero attached hydrogens (tertiary/aromatic N) is 4. The minimum atomic E-state index is -0.409. The summed E-state index contributed by atoms with van der Waals surface area (Å²) in [5.74, 6) is -0.314. The number of amides is 1. The number of fused-ring (bicyclic) bond motifs is 1. The Morgan fingerprint density at radius 3 is 2.55 bits per heavy atom. The lowest BCUT2D eigenvalue weighted by molar-refractivity contribution is 0.103. The number of aromatic nitrogens is 3. The zero-order chi connectivity index (χ0) is 22.9. The van der Waals surface area contributed by atoms with Crippen LogP contribution in [0.4, 0.5) is 16.6 Å². The quantitative estimate of drug-likeness (QED) is 0.344. The normalized spacial score (nSPS) is 10.8. The highest BCUT2D eigenvalue weighted by molar-refractivity contribution is 7.21. The molecule has 0 bridgehead atoms. The van der Waals surface area contributed by atoms with Crippen LogP contribution in [0.1, 0.15) is 15.2 Å². The van der Waals surface area contributed by atoms with Crippen molar-refractivity contribution < 1.29 is 4.79 Å². The predicted molar refractivity (Wildman–Crippen MR) is 132 cm³/mol. The van der Waals surface area contributed by atoms with Gasteiger partial charge in [0.1, 0.15) is 32.9 Å². The molecule has 1 aromatic carbocycles. The van der Waals surface area contributed by atoms with E-state index >= 15 is 0 Å². The zero-order valence-corrected chi connectivity index (χ0v) is 18.6. The van der Waals surface area contributed by atoms with Gasteiger partial charge in [-0.3, -0.25) is 15.1 Å². The van der Waals surface area contributed by atoms with Gasteiger partial charge in [0.05, 0.1) is 11.4 Å². The summed E-state index contributed by atoms with van der Waals surface area (Å²) >= 11 is 2.41. The first kappa shape index (κ1) is 20.6. The summed E-state index contributed by atoms with van der Waals surface area (Å²) in [5.41, 5.74) is 15.7. The Balaban J connectivity index is 1.56. The summed E-state index contributed by atoms with van der Waals surface area (Å²) in [6.45, 7) is 0. The molecule has 5 aromatic rings. The van der Waals surface area contributed by atoms with Crippen LogP contribution in [0.5, 0.6) is 0 Å².